The van der Waals surface area contributed by atoms with Crippen LogP contribution in [0.5, 0.6) is 0 Å². The third kappa shape index (κ3) is 5.31. The zero-order chi connectivity index (χ0) is 16.9. The highest BCUT2D eigenvalue weighted by Gasteiger charge is 2.33. The van der Waals surface area contributed by atoms with Crippen LogP contribution in [0.25, 0.3) is 0 Å². The van der Waals surface area contributed by atoms with E-state index in [1.165, 1.54) is 24.3 Å². The van der Waals surface area contributed by atoms with Crippen molar-refractivity contribution in [1.29, 1.82) is 0 Å². The molecular weight excluding hydrogens is 313 g/mol. The second-order valence-electron chi connectivity index (χ2n) is 4.82. The number of hydrogen-bond donors (Lipinski definition) is 1. The maximum Gasteiger partial charge on any atom is 0.433 e. The minimum atomic E-state index is -4.51. The molecule has 0 saturated heterocycles. The van der Waals surface area contributed by atoms with Crippen LogP contribution in [0.3, 0.4) is 0 Å². The van der Waals surface area contributed by atoms with Gasteiger partial charge in [0.15, 0.2) is 0 Å². The smallest absolute Gasteiger partial charge is 0.356 e. The molecule has 2 rings (SSSR count). The number of nitrogens with one attached hydrogen (secondary N) is 1. The molecule has 0 fully saturated rings. The number of alkyl halides is 3. The first-order chi connectivity index (χ1) is 10.8. The predicted octanol–water partition coefficient (Wildman–Crippen LogP) is 1.14. The van der Waals surface area contributed by atoms with E-state index in [0.717, 1.165) is 6.07 Å². The van der Waals surface area contributed by atoms with Crippen LogP contribution in [-0.2, 0) is 23.9 Å². The number of rotatable bonds is 6. The maximum atomic E-state index is 12.7. The molecule has 7 nitrogen and oxygen atoms in total. The van der Waals surface area contributed by atoms with E-state index in [-0.39, 0.29) is 36.8 Å². The number of hydrogen-bond acceptors (Lipinski definition) is 5. The number of carbonyl (C=O) groups excluding carboxylic acids is 1. The summed E-state index contributed by atoms with van der Waals surface area (Å²) in [6, 6.07) is 0.889. The molecule has 2 heterocycles. The summed E-state index contributed by atoms with van der Waals surface area (Å²) in [6.45, 7) is 2.01. The van der Waals surface area contributed by atoms with Crippen molar-refractivity contribution in [2.45, 2.75) is 32.5 Å². The quantitative estimate of drug-likeness (QED) is 0.859. The van der Waals surface area contributed by atoms with Gasteiger partial charge in [0.2, 0.25) is 5.91 Å². The fraction of sp³-hybridized carbons (Fsp3) is 0.462. The molecule has 0 aliphatic heterocycles. The molecule has 0 aliphatic carbocycles. The Hall–Kier alpha value is -2.52. The Balaban J connectivity index is 1.81. The molecule has 2 aromatic heterocycles. The molecule has 0 atom stereocenters. The summed E-state index contributed by atoms with van der Waals surface area (Å²) in [5.74, 6) is -0.182. The van der Waals surface area contributed by atoms with Crippen molar-refractivity contribution in [3.8, 4) is 0 Å². The Morgan fingerprint density at radius 2 is 2.13 bits per heavy atom. The fourth-order valence-corrected chi connectivity index (χ4v) is 1.85. The molecule has 2 aromatic rings. The zero-order valence-corrected chi connectivity index (χ0v) is 12.3. The molecule has 1 N–H and O–H groups in total. The van der Waals surface area contributed by atoms with E-state index < -0.39 is 11.9 Å². The van der Waals surface area contributed by atoms with Gasteiger partial charge in [0.05, 0.1) is 6.54 Å². The van der Waals surface area contributed by atoms with E-state index in [1.807, 2.05) is 0 Å². The molecule has 23 heavy (non-hydrogen) atoms. The number of amides is 1. The van der Waals surface area contributed by atoms with Crippen molar-refractivity contribution in [3.05, 3.63) is 35.9 Å². The third-order valence-corrected chi connectivity index (χ3v) is 2.90. The van der Waals surface area contributed by atoms with Crippen LogP contribution < -0.4 is 5.32 Å². The van der Waals surface area contributed by atoms with Gasteiger partial charge in [0.1, 0.15) is 24.2 Å². The van der Waals surface area contributed by atoms with Gasteiger partial charge in [-0.25, -0.2) is 15.0 Å². The lowest BCUT2D eigenvalue weighted by molar-refractivity contribution is -0.141. The van der Waals surface area contributed by atoms with E-state index in [4.69, 9.17) is 0 Å². The largest absolute Gasteiger partial charge is 0.433 e. The molecule has 0 saturated carbocycles. The van der Waals surface area contributed by atoms with Crippen LogP contribution in [0.1, 0.15) is 23.6 Å². The van der Waals surface area contributed by atoms with Gasteiger partial charge in [0.25, 0.3) is 0 Å². The lowest BCUT2D eigenvalue weighted by Crippen LogP contribution is -2.27. The fourth-order valence-electron chi connectivity index (χ4n) is 1.85. The van der Waals surface area contributed by atoms with Crippen molar-refractivity contribution in [2.24, 2.45) is 0 Å². The average Bonchev–Trinajstić information content (AvgIpc) is 2.97. The molecule has 0 unspecified atom stereocenters. The summed E-state index contributed by atoms with van der Waals surface area (Å²) < 4.78 is 39.5. The Kier molecular flexibility index (Phi) is 5.24. The molecule has 124 valence electrons. The Bertz CT molecular complexity index is 656. The summed E-state index contributed by atoms with van der Waals surface area (Å²) in [6.07, 6.45) is -1.33. The maximum absolute atomic E-state index is 12.7. The van der Waals surface area contributed by atoms with Gasteiger partial charge in [-0.05, 0) is 13.0 Å². The first-order valence-electron chi connectivity index (χ1n) is 6.85. The minimum absolute atomic E-state index is 0.0499. The zero-order valence-electron chi connectivity index (χ0n) is 12.3. The highest BCUT2D eigenvalue weighted by molar-refractivity contribution is 5.75. The Labute approximate surface area is 130 Å². The SMILES string of the molecule is Cc1cc(C(F)(F)F)nc(CCNC(=O)CCn2cncn2)n1. The standard InChI is InChI=1S/C13H15F3N6O/c1-9-6-10(13(14,15)16)21-11(20-9)2-4-18-12(23)3-5-22-8-17-7-19-22/h6-8H,2-5H2,1H3,(H,18,23). The van der Waals surface area contributed by atoms with Gasteiger partial charge in [-0.3, -0.25) is 9.48 Å². The Morgan fingerprint density at radius 1 is 1.35 bits per heavy atom. The van der Waals surface area contributed by atoms with E-state index in [9.17, 15) is 18.0 Å². The van der Waals surface area contributed by atoms with Crippen molar-refractivity contribution in [1.82, 2.24) is 30.0 Å². The second kappa shape index (κ2) is 7.16. The molecule has 0 aromatic carbocycles. The molecule has 1 amide bonds. The third-order valence-electron chi connectivity index (χ3n) is 2.90. The molecule has 10 heteroatoms. The van der Waals surface area contributed by atoms with E-state index >= 15 is 0 Å². The first-order valence-corrected chi connectivity index (χ1v) is 6.85. The van der Waals surface area contributed by atoms with Crippen LogP contribution in [0.15, 0.2) is 18.7 Å². The van der Waals surface area contributed by atoms with E-state index in [2.05, 4.69) is 25.4 Å². The van der Waals surface area contributed by atoms with E-state index in [1.54, 1.807) is 0 Å². The number of halogens is 3. The average molecular weight is 328 g/mol. The lowest BCUT2D eigenvalue weighted by atomic mass is 10.3. The highest BCUT2D eigenvalue weighted by atomic mass is 19.4. The summed E-state index contributed by atoms with van der Waals surface area (Å²) in [7, 11) is 0. The summed E-state index contributed by atoms with van der Waals surface area (Å²) in [5, 5.41) is 6.47. The van der Waals surface area contributed by atoms with Gasteiger partial charge in [0, 0.05) is 25.1 Å². The van der Waals surface area contributed by atoms with Crippen LogP contribution in [-0.4, -0.2) is 37.2 Å². The molecule has 0 aliphatic rings. The topological polar surface area (TPSA) is 85.6 Å². The van der Waals surface area contributed by atoms with Gasteiger partial charge in [-0.15, -0.1) is 0 Å². The summed E-state index contributed by atoms with van der Waals surface area (Å²) in [5.41, 5.74) is -0.739. The lowest BCUT2D eigenvalue weighted by Gasteiger charge is -2.09. The van der Waals surface area contributed by atoms with E-state index in [0.29, 0.717) is 6.54 Å². The van der Waals surface area contributed by atoms with Crippen molar-refractivity contribution < 1.29 is 18.0 Å². The monoisotopic (exact) mass is 328 g/mol. The first kappa shape index (κ1) is 16.8. The molecule has 0 spiro atoms. The number of aromatic nitrogens is 5. The van der Waals surface area contributed by atoms with Crippen molar-refractivity contribution in [2.75, 3.05) is 6.54 Å². The highest BCUT2D eigenvalue weighted by Crippen LogP contribution is 2.27. The van der Waals surface area contributed by atoms with Crippen molar-refractivity contribution in [3.63, 3.8) is 0 Å². The van der Waals surface area contributed by atoms with Crippen LogP contribution in [0, 0.1) is 6.92 Å². The number of nitrogens with zero attached hydrogens (tertiary/aromatic N) is 5. The van der Waals surface area contributed by atoms with Gasteiger partial charge in [-0.2, -0.15) is 18.3 Å². The van der Waals surface area contributed by atoms with Crippen LogP contribution >= 0.6 is 0 Å². The van der Waals surface area contributed by atoms with Crippen LogP contribution in [0.2, 0.25) is 0 Å². The minimum Gasteiger partial charge on any atom is -0.356 e. The Morgan fingerprint density at radius 3 is 2.78 bits per heavy atom. The normalized spacial score (nSPS) is 11.5. The van der Waals surface area contributed by atoms with Gasteiger partial charge in [-0.1, -0.05) is 0 Å². The number of aryl methyl sites for hydroxylation is 2. The number of carbonyl (C=O) groups is 1. The summed E-state index contributed by atoms with van der Waals surface area (Å²) in [4.78, 5) is 22.8. The van der Waals surface area contributed by atoms with Crippen molar-refractivity contribution >= 4 is 5.91 Å². The van der Waals surface area contributed by atoms with Crippen LogP contribution in [0.4, 0.5) is 13.2 Å². The molecule has 0 bridgehead atoms. The molecular formula is C13H15F3N6O. The second-order valence-corrected chi connectivity index (χ2v) is 4.82. The summed E-state index contributed by atoms with van der Waals surface area (Å²) >= 11 is 0. The predicted molar refractivity (Wildman–Crippen MR) is 73.1 cm³/mol. The van der Waals surface area contributed by atoms with Gasteiger partial charge < -0.3 is 5.32 Å². The molecule has 0 radical (unpaired) electrons. The van der Waals surface area contributed by atoms with Gasteiger partial charge >= 0.3 is 6.18 Å².